The van der Waals surface area contributed by atoms with Gasteiger partial charge in [-0.25, -0.2) is 18.6 Å². The molecule has 0 bridgehead atoms. The molecule has 0 spiro atoms. The van der Waals surface area contributed by atoms with Gasteiger partial charge in [-0.1, -0.05) is 65.0 Å². The van der Waals surface area contributed by atoms with E-state index in [1.807, 2.05) is 51.1 Å². The highest BCUT2D eigenvalue weighted by atomic mass is 19.1. The zero-order valence-electron chi connectivity index (χ0n) is 35.7. The van der Waals surface area contributed by atoms with Gasteiger partial charge in [-0.15, -0.1) is 5.06 Å². The zero-order chi connectivity index (χ0) is 45.0. The number of Topliss-reactive ketones (excluding diaryl/α,β-unsaturated/α-hetero) is 2. The molecule has 0 unspecified atom stereocenters. The summed E-state index contributed by atoms with van der Waals surface area (Å²) in [6.07, 6.45) is 2.04. The molecule has 1 aliphatic heterocycles. The molecule has 16 heteroatoms. The van der Waals surface area contributed by atoms with Crippen molar-refractivity contribution in [2.45, 2.75) is 118 Å². The Hall–Kier alpha value is -5.64. The Bertz CT molecular complexity index is 2050. The van der Waals surface area contributed by atoms with Gasteiger partial charge >= 0.3 is 5.97 Å². The summed E-state index contributed by atoms with van der Waals surface area (Å²) in [7, 11) is 0. The molecule has 3 aromatic rings. The lowest BCUT2D eigenvalue weighted by Gasteiger charge is -2.40. The molecule has 330 valence electrons. The van der Waals surface area contributed by atoms with Crippen LogP contribution in [-0.4, -0.2) is 85.0 Å². The van der Waals surface area contributed by atoms with Crippen LogP contribution in [0.2, 0.25) is 0 Å². The fourth-order valence-electron chi connectivity index (χ4n) is 7.27. The summed E-state index contributed by atoms with van der Waals surface area (Å²) < 4.78 is 31.2. The van der Waals surface area contributed by atoms with Crippen LogP contribution < -0.4 is 5.32 Å². The first-order valence-electron chi connectivity index (χ1n) is 20.7. The molecule has 61 heavy (non-hydrogen) atoms. The number of aliphatic hydroxyl groups is 1. The molecular weight excluding hydrogens is 793 g/mol. The van der Waals surface area contributed by atoms with E-state index in [4.69, 9.17) is 9.82 Å². The maximum absolute atomic E-state index is 15.0. The number of nitrogens with zero attached hydrogens (tertiary/aromatic N) is 4. The van der Waals surface area contributed by atoms with Gasteiger partial charge in [0.1, 0.15) is 29.8 Å². The van der Waals surface area contributed by atoms with Crippen LogP contribution in [0.4, 0.5) is 8.78 Å². The van der Waals surface area contributed by atoms with Crippen molar-refractivity contribution < 1.29 is 52.3 Å². The van der Waals surface area contributed by atoms with Crippen molar-refractivity contribution in [1.82, 2.24) is 24.8 Å². The van der Waals surface area contributed by atoms with Gasteiger partial charge in [0.2, 0.25) is 11.8 Å². The first-order chi connectivity index (χ1) is 28.8. The molecule has 4 amide bonds. The Morgan fingerprint density at radius 2 is 1.59 bits per heavy atom. The lowest BCUT2D eigenvalue weighted by atomic mass is 9.84. The molecule has 1 fully saturated rings. The molecule has 2 aromatic carbocycles. The summed E-state index contributed by atoms with van der Waals surface area (Å²) in [5.74, 6) is -5.49. The molecule has 0 aliphatic carbocycles. The van der Waals surface area contributed by atoms with E-state index in [0.29, 0.717) is 30.3 Å². The second-order valence-corrected chi connectivity index (χ2v) is 16.9. The van der Waals surface area contributed by atoms with Gasteiger partial charge in [0.05, 0.1) is 17.8 Å². The van der Waals surface area contributed by atoms with E-state index in [2.05, 4.69) is 5.32 Å². The Morgan fingerprint density at radius 1 is 0.918 bits per heavy atom. The molecule has 0 radical (unpaired) electrons. The average Bonchev–Trinajstić information content (AvgIpc) is 3.75. The highest BCUT2D eigenvalue weighted by Crippen LogP contribution is 2.39. The molecule has 14 nitrogen and oxygen atoms in total. The average molecular weight is 850 g/mol. The van der Waals surface area contributed by atoms with E-state index in [1.165, 1.54) is 4.90 Å². The van der Waals surface area contributed by atoms with Gasteiger partial charge in [0, 0.05) is 69.3 Å². The van der Waals surface area contributed by atoms with Crippen LogP contribution in [0.1, 0.15) is 117 Å². The number of hydrogen-bond acceptors (Lipinski definition) is 10. The summed E-state index contributed by atoms with van der Waals surface area (Å²) >= 11 is 0. The number of aliphatic hydroxyl groups excluding tert-OH is 1. The van der Waals surface area contributed by atoms with Crippen LogP contribution in [0, 0.1) is 28.9 Å². The minimum Gasteiger partial charge on any atom is -0.387 e. The lowest BCUT2D eigenvalue weighted by molar-refractivity contribution is -0.197. The van der Waals surface area contributed by atoms with Crippen LogP contribution in [0.15, 0.2) is 54.7 Å². The van der Waals surface area contributed by atoms with Crippen molar-refractivity contribution in [2.24, 2.45) is 17.3 Å². The number of rotatable bonds is 22. The van der Waals surface area contributed by atoms with Crippen LogP contribution >= 0.6 is 0 Å². The van der Waals surface area contributed by atoms with E-state index < -0.39 is 71.3 Å². The maximum atomic E-state index is 15.0. The number of unbranched alkanes of at least 4 members (excludes halogenated alkanes) is 1. The van der Waals surface area contributed by atoms with Crippen LogP contribution in [0.25, 0.3) is 11.3 Å². The molecule has 2 N–H and O–H groups in total. The summed E-state index contributed by atoms with van der Waals surface area (Å²) in [6.45, 7) is 10.5. The van der Waals surface area contributed by atoms with Crippen LogP contribution in [0.5, 0.6) is 0 Å². The van der Waals surface area contributed by atoms with Crippen molar-refractivity contribution in [1.29, 1.82) is 0 Å². The lowest BCUT2D eigenvalue weighted by Crippen LogP contribution is -2.44. The number of hydrogen-bond donors (Lipinski definition) is 2. The molecule has 1 aliphatic rings. The van der Waals surface area contributed by atoms with Crippen molar-refractivity contribution in [3.63, 3.8) is 0 Å². The molecule has 1 aromatic heterocycles. The summed E-state index contributed by atoms with van der Waals surface area (Å²) in [5, 5.41) is 13.3. The van der Waals surface area contributed by atoms with E-state index in [-0.39, 0.29) is 80.2 Å². The summed E-state index contributed by atoms with van der Waals surface area (Å²) in [5.41, 5.74) is 0.361. The first kappa shape index (κ1) is 48.0. The Kier molecular flexibility index (Phi) is 17.1. The third kappa shape index (κ3) is 13.4. The van der Waals surface area contributed by atoms with Gasteiger partial charge in [0.25, 0.3) is 11.8 Å². The van der Waals surface area contributed by atoms with Gasteiger partial charge in [-0.2, -0.15) is 0 Å². The molecule has 0 saturated carbocycles. The number of imidazole rings is 1. The van der Waals surface area contributed by atoms with Gasteiger partial charge in [0.15, 0.2) is 5.78 Å². The number of benzene rings is 2. The van der Waals surface area contributed by atoms with E-state index >= 15 is 4.39 Å². The summed E-state index contributed by atoms with van der Waals surface area (Å²) in [4.78, 5) is 99.4. The smallest absolute Gasteiger partial charge is 0.333 e. The number of nitrogens with one attached hydrogen (secondary N) is 1. The predicted octanol–water partition coefficient (Wildman–Crippen LogP) is 6.04. The molecule has 3 atom stereocenters. The molecule has 1 saturated heterocycles. The van der Waals surface area contributed by atoms with Gasteiger partial charge < -0.3 is 24.7 Å². The number of carbonyl (C=O) groups excluding carboxylic acids is 7. The van der Waals surface area contributed by atoms with Crippen molar-refractivity contribution in [2.75, 3.05) is 13.2 Å². The number of hydroxylamine groups is 2. The first-order valence-corrected chi connectivity index (χ1v) is 20.7. The molecule has 2 heterocycles. The number of ketones is 2. The summed E-state index contributed by atoms with van der Waals surface area (Å²) in [6, 6.07) is 10.9. The SMILES string of the molecule is CC(C)[C@H](CC(=O)CCCC(=O)ON1C(=O)CCC1=O)C(=O)N[C@@H](C)C(=O)CCCCN(C(=O)CO)[C@@H](c1nc(-c2cc(F)ccc2F)cn1Cc1ccccc1)C(C)(C)C. The number of aromatic nitrogens is 2. The highest BCUT2D eigenvalue weighted by molar-refractivity contribution is 6.01. The monoisotopic (exact) mass is 849 g/mol. The third-order valence-corrected chi connectivity index (χ3v) is 10.6. The number of halogens is 2. The van der Waals surface area contributed by atoms with Gasteiger partial charge in [-0.3, -0.25) is 28.8 Å². The number of carbonyl (C=O) groups is 7. The highest BCUT2D eigenvalue weighted by Gasteiger charge is 2.38. The normalized spacial score (nSPS) is 14.5. The minimum absolute atomic E-state index is 0.0312. The van der Waals surface area contributed by atoms with Crippen LogP contribution in [-0.2, 0) is 44.9 Å². The van der Waals surface area contributed by atoms with Gasteiger partial charge in [-0.05, 0) is 61.3 Å². The van der Waals surface area contributed by atoms with E-state index in [9.17, 15) is 43.1 Å². The predicted molar refractivity (Wildman–Crippen MR) is 220 cm³/mol. The largest absolute Gasteiger partial charge is 0.387 e. The fraction of sp³-hybridized carbons (Fsp3) is 0.511. The minimum atomic E-state index is -0.876. The second kappa shape index (κ2) is 21.7. The van der Waals surface area contributed by atoms with E-state index in [1.54, 1.807) is 31.5 Å². The molecular formula is C45H57F2N5O9. The van der Waals surface area contributed by atoms with Crippen LogP contribution in [0.3, 0.4) is 0 Å². The zero-order valence-corrected chi connectivity index (χ0v) is 35.7. The number of amides is 4. The third-order valence-electron chi connectivity index (χ3n) is 10.6. The maximum Gasteiger partial charge on any atom is 0.333 e. The topological polar surface area (TPSA) is 185 Å². The standard InChI is InChI=1S/C45H57F2N5O9/c1-28(2)33(24-32(54)15-12-17-41(59)61-52-38(56)20-21-39(52)57)44(60)48-29(3)37(55)16-10-11-22-51(40(58)27-53)42(45(4,5)6)43-49-36(34-23-31(46)18-19-35(34)47)26-50(43)25-30-13-8-7-9-14-30/h7-9,13-14,18-19,23,26,28-29,33,42,53H,10-12,15-17,20-22,24-25,27H2,1-6H3,(H,48,60)/t29-,33-,42-/m0/s1. The Balaban J connectivity index is 1.38. The van der Waals surface area contributed by atoms with Crippen molar-refractivity contribution in [3.8, 4) is 11.3 Å². The van der Waals surface area contributed by atoms with Crippen molar-refractivity contribution in [3.05, 3.63) is 77.8 Å². The molecule has 4 rings (SSSR count). The second-order valence-electron chi connectivity index (χ2n) is 16.9. The number of imide groups is 1. The quantitative estimate of drug-likeness (QED) is 0.0893. The Morgan fingerprint density at radius 3 is 2.21 bits per heavy atom. The van der Waals surface area contributed by atoms with Crippen molar-refractivity contribution >= 4 is 41.2 Å². The Labute approximate surface area is 355 Å². The fourth-order valence-corrected chi connectivity index (χ4v) is 7.27. The van der Waals surface area contributed by atoms with E-state index in [0.717, 1.165) is 23.8 Å².